The number of piperazine rings is 1. The number of carbonyl (C=O) groups is 3. The van der Waals surface area contributed by atoms with Crippen LogP contribution in [0.3, 0.4) is 0 Å². The second-order valence-corrected chi connectivity index (χ2v) is 8.51. The minimum Gasteiger partial charge on any atom is -0.340 e. The molecule has 2 fully saturated rings. The molecule has 0 radical (unpaired) electrons. The maximum absolute atomic E-state index is 13.1. The Morgan fingerprint density at radius 1 is 0.848 bits per heavy atom. The molecule has 0 bridgehead atoms. The Bertz CT molecular complexity index is 934. The summed E-state index contributed by atoms with van der Waals surface area (Å²) in [6, 6.07) is 20.0. The van der Waals surface area contributed by atoms with Gasteiger partial charge in [-0.3, -0.25) is 19.4 Å². The van der Waals surface area contributed by atoms with E-state index in [-0.39, 0.29) is 30.3 Å². The zero-order valence-corrected chi connectivity index (χ0v) is 19.4. The lowest BCUT2D eigenvalue weighted by Gasteiger charge is -2.40. The molecule has 0 unspecified atom stereocenters. The lowest BCUT2D eigenvalue weighted by Crippen LogP contribution is -2.51. The second-order valence-electron chi connectivity index (χ2n) is 8.51. The molecule has 4 rings (SSSR count). The molecule has 1 atom stereocenters. The van der Waals surface area contributed by atoms with E-state index in [4.69, 9.17) is 0 Å². The molecule has 7 nitrogen and oxygen atoms in total. The van der Waals surface area contributed by atoms with Crippen LogP contribution in [-0.2, 0) is 9.59 Å². The average molecular weight is 449 g/mol. The Morgan fingerprint density at radius 3 is 1.88 bits per heavy atom. The molecule has 0 saturated carbocycles. The quantitative estimate of drug-likeness (QED) is 0.611. The molecule has 0 N–H and O–H groups in total. The van der Waals surface area contributed by atoms with Crippen LogP contribution < -0.4 is 0 Å². The molecule has 0 spiro atoms. The molecule has 2 aliphatic heterocycles. The molecular weight excluding hydrogens is 416 g/mol. The number of nitrogens with zero attached hydrogens (tertiary/aromatic N) is 4. The molecule has 2 aromatic rings. The van der Waals surface area contributed by atoms with Crippen LogP contribution in [0.4, 0.5) is 4.79 Å². The summed E-state index contributed by atoms with van der Waals surface area (Å²) in [7, 11) is 0. The van der Waals surface area contributed by atoms with E-state index in [0.29, 0.717) is 26.2 Å². The van der Waals surface area contributed by atoms with Crippen LogP contribution in [0.25, 0.3) is 0 Å². The minimum atomic E-state index is -0.686. The molecule has 4 amide bonds. The molecule has 33 heavy (non-hydrogen) atoms. The van der Waals surface area contributed by atoms with Gasteiger partial charge >= 0.3 is 6.03 Å². The van der Waals surface area contributed by atoms with E-state index in [0.717, 1.165) is 13.1 Å². The van der Waals surface area contributed by atoms with Crippen molar-refractivity contribution < 1.29 is 14.4 Å². The lowest BCUT2D eigenvalue weighted by molar-refractivity contribution is -0.138. The van der Waals surface area contributed by atoms with Gasteiger partial charge in [-0.05, 0) is 25.0 Å². The van der Waals surface area contributed by atoms with Crippen molar-refractivity contribution in [3.05, 3.63) is 71.8 Å². The van der Waals surface area contributed by atoms with Gasteiger partial charge in [-0.15, -0.1) is 0 Å². The second kappa shape index (κ2) is 10.2. The van der Waals surface area contributed by atoms with Gasteiger partial charge in [0.2, 0.25) is 5.91 Å². The normalized spacial score (nSPS) is 19.6. The van der Waals surface area contributed by atoms with Gasteiger partial charge < -0.3 is 9.80 Å². The van der Waals surface area contributed by atoms with E-state index in [1.165, 1.54) is 20.9 Å². The topological polar surface area (TPSA) is 64.2 Å². The number of hydrogen-bond acceptors (Lipinski definition) is 4. The summed E-state index contributed by atoms with van der Waals surface area (Å²) < 4.78 is 0. The molecule has 0 aromatic heterocycles. The van der Waals surface area contributed by atoms with Crippen molar-refractivity contribution in [2.75, 3.05) is 39.3 Å². The number of imide groups is 1. The number of carbonyl (C=O) groups excluding carboxylic acids is 3. The first-order valence-electron chi connectivity index (χ1n) is 11.8. The van der Waals surface area contributed by atoms with E-state index >= 15 is 0 Å². The molecule has 7 heteroatoms. The fraction of sp³-hybridized carbons (Fsp3) is 0.423. The highest BCUT2D eigenvalue weighted by molar-refractivity contribution is 6.05. The third-order valence-corrected chi connectivity index (χ3v) is 6.69. The molecule has 2 heterocycles. The van der Waals surface area contributed by atoms with Crippen LogP contribution in [0.5, 0.6) is 0 Å². The van der Waals surface area contributed by atoms with Gasteiger partial charge in [0.05, 0.1) is 12.5 Å². The first kappa shape index (κ1) is 23.0. The fourth-order valence-corrected chi connectivity index (χ4v) is 4.95. The smallest absolute Gasteiger partial charge is 0.327 e. The van der Waals surface area contributed by atoms with Crippen molar-refractivity contribution >= 4 is 17.8 Å². The van der Waals surface area contributed by atoms with Crippen molar-refractivity contribution in [2.45, 2.75) is 32.4 Å². The van der Waals surface area contributed by atoms with Gasteiger partial charge in [-0.1, -0.05) is 60.7 Å². The molecule has 2 aliphatic rings. The molecular formula is C26H32N4O3. The fourth-order valence-electron chi connectivity index (χ4n) is 4.95. The van der Waals surface area contributed by atoms with E-state index in [1.54, 1.807) is 6.92 Å². The van der Waals surface area contributed by atoms with Gasteiger partial charge in [0.1, 0.15) is 6.04 Å². The number of likely N-dealkylation sites (N-methyl/N-ethyl adjacent to an activating group) is 2. The molecule has 0 aliphatic carbocycles. The Labute approximate surface area is 195 Å². The van der Waals surface area contributed by atoms with Crippen molar-refractivity contribution in [3.8, 4) is 0 Å². The van der Waals surface area contributed by atoms with Crippen LogP contribution in [0.1, 0.15) is 37.4 Å². The zero-order chi connectivity index (χ0) is 23.4. The predicted octanol–water partition coefficient (Wildman–Crippen LogP) is 2.98. The number of amides is 4. The summed E-state index contributed by atoms with van der Waals surface area (Å²) in [4.78, 5) is 45.2. The SMILES string of the molecule is CCN1C(=O)[C@H](CC(=O)N2CCN(C(c3ccccc3)c3ccccc3)CC2)N(CC)C1=O. The Kier molecular flexibility index (Phi) is 7.08. The van der Waals surface area contributed by atoms with Gasteiger partial charge in [0.25, 0.3) is 5.91 Å². The maximum Gasteiger partial charge on any atom is 0.327 e. The summed E-state index contributed by atoms with van der Waals surface area (Å²) in [5.74, 6) is -0.322. The Balaban J connectivity index is 1.43. The highest BCUT2D eigenvalue weighted by Crippen LogP contribution is 2.30. The number of benzene rings is 2. The first-order valence-corrected chi connectivity index (χ1v) is 11.8. The summed E-state index contributed by atoms with van der Waals surface area (Å²) >= 11 is 0. The Morgan fingerprint density at radius 2 is 1.39 bits per heavy atom. The van der Waals surface area contributed by atoms with E-state index in [2.05, 4.69) is 53.4 Å². The molecule has 174 valence electrons. The monoisotopic (exact) mass is 448 g/mol. The molecule has 2 saturated heterocycles. The highest BCUT2D eigenvalue weighted by atomic mass is 16.2. The summed E-state index contributed by atoms with van der Waals surface area (Å²) in [5, 5.41) is 0. The third kappa shape index (κ3) is 4.64. The standard InChI is InChI=1S/C26H32N4O3/c1-3-29-22(25(32)30(4-2)26(29)33)19-23(31)27-15-17-28(18-16-27)24(20-11-7-5-8-12-20)21-13-9-6-10-14-21/h5-14,22,24H,3-4,15-19H2,1-2H3/t22-/m0/s1. The highest BCUT2D eigenvalue weighted by Gasteiger charge is 2.45. The zero-order valence-electron chi connectivity index (χ0n) is 19.4. The average Bonchev–Trinajstić information content (AvgIpc) is 3.08. The van der Waals surface area contributed by atoms with Crippen molar-refractivity contribution in [2.24, 2.45) is 0 Å². The largest absolute Gasteiger partial charge is 0.340 e. The lowest BCUT2D eigenvalue weighted by atomic mass is 9.96. The number of hydrogen-bond donors (Lipinski definition) is 0. The summed E-state index contributed by atoms with van der Waals surface area (Å²) in [6.45, 7) is 7.07. The number of rotatable bonds is 7. The minimum absolute atomic E-state index is 0.0513. The Hall–Kier alpha value is -3.19. The predicted molar refractivity (Wildman–Crippen MR) is 126 cm³/mol. The summed E-state index contributed by atoms with van der Waals surface area (Å²) in [5.41, 5.74) is 2.47. The number of urea groups is 1. The van der Waals surface area contributed by atoms with E-state index in [1.807, 2.05) is 24.0 Å². The van der Waals surface area contributed by atoms with Crippen molar-refractivity contribution in [3.63, 3.8) is 0 Å². The van der Waals surface area contributed by atoms with Crippen molar-refractivity contribution in [1.29, 1.82) is 0 Å². The van der Waals surface area contributed by atoms with Crippen LogP contribution in [-0.4, -0.2) is 82.8 Å². The van der Waals surface area contributed by atoms with Crippen LogP contribution in [0.2, 0.25) is 0 Å². The van der Waals surface area contributed by atoms with Crippen LogP contribution in [0, 0.1) is 0 Å². The van der Waals surface area contributed by atoms with Gasteiger partial charge in [0, 0.05) is 39.3 Å². The maximum atomic E-state index is 13.1. The van der Waals surface area contributed by atoms with Gasteiger partial charge in [-0.2, -0.15) is 0 Å². The summed E-state index contributed by atoms with van der Waals surface area (Å²) in [6.07, 6.45) is 0.0513. The third-order valence-electron chi connectivity index (χ3n) is 6.69. The van der Waals surface area contributed by atoms with Gasteiger partial charge in [-0.25, -0.2) is 4.79 Å². The van der Waals surface area contributed by atoms with Crippen LogP contribution >= 0.6 is 0 Å². The first-order chi connectivity index (χ1) is 16.0. The van der Waals surface area contributed by atoms with Crippen LogP contribution in [0.15, 0.2) is 60.7 Å². The molecule has 2 aromatic carbocycles. The van der Waals surface area contributed by atoms with E-state index in [9.17, 15) is 14.4 Å². The van der Waals surface area contributed by atoms with Crippen molar-refractivity contribution in [1.82, 2.24) is 19.6 Å². The van der Waals surface area contributed by atoms with Gasteiger partial charge in [0.15, 0.2) is 0 Å². The van der Waals surface area contributed by atoms with E-state index < -0.39 is 6.04 Å².